The van der Waals surface area contributed by atoms with Crippen molar-refractivity contribution in [2.24, 2.45) is 0 Å². The molecule has 1 amide bonds. The summed E-state index contributed by atoms with van der Waals surface area (Å²) in [5.41, 5.74) is 3.47. The predicted molar refractivity (Wildman–Crippen MR) is 120 cm³/mol. The van der Waals surface area contributed by atoms with Gasteiger partial charge in [-0.2, -0.15) is 0 Å². The SMILES string of the molecule is O=C(Nc1ccc(F)cc1)[C@@H](Nc1ccc(CN2CCOCC2)cc1)c1ccccc1. The summed E-state index contributed by atoms with van der Waals surface area (Å²) in [4.78, 5) is 15.4. The first-order valence-electron chi connectivity index (χ1n) is 10.4. The van der Waals surface area contributed by atoms with Crippen molar-refractivity contribution in [2.45, 2.75) is 12.6 Å². The van der Waals surface area contributed by atoms with Crippen LogP contribution in [0.3, 0.4) is 0 Å². The average molecular weight is 420 g/mol. The Balaban J connectivity index is 1.46. The van der Waals surface area contributed by atoms with E-state index in [1.54, 1.807) is 12.1 Å². The standard InChI is InChI=1S/C25H26FN3O2/c26-21-8-12-23(13-9-21)28-25(30)24(20-4-2-1-3-5-20)27-22-10-6-19(7-11-22)18-29-14-16-31-17-15-29/h1-13,24,27H,14-18H2,(H,28,30)/t24-/m0/s1. The maximum Gasteiger partial charge on any atom is 0.251 e. The third kappa shape index (κ3) is 5.90. The van der Waals surface area contributed by atoms with Crippen LogP contribution in [0.4, 0.5) is 15.8 Å². The molecule has 1 aliphatic heterocycles. The molecule has 1 aliphatic rings. The maximum atomic E-state index is 13.2. The number of rotatable bonds is 7. The van der Waals surface area contributed by atoms with Gasteiger partial charge >= 0.3 is 0 Å². The molecular weight excluding hydrogens is 393 g/mol. The molecule has 3 aromatic carbocycles. The summed E-state index contributed by atoms with van der Waals surface area (Å²) in [7, 11) is 0. The number of hydrogen-bond donors (Lipinski definition) is 2. The van der Waals surface area contributed by atoms with Gasteiger partial charge in [-0.25, -0.2) is 4.39 Å². The number of ether oxygens (including phenoxy) is 1. The Kier molecular flexibility index (Phi) is 6.92. The van der Waals surface area contributed by atoms with E-state index in [9.17, 15) is 9.18 Å². The molecule has 1 saturated heterocycles. The molecule has 31 heavy (non-hydrogen) atoms. The van der Waals surface area contributed by atoms with Crippen LogP contribution in [0.25, 0.3) is 0 Å². The molecule has 5 nitrogen and oxygen atoms in total. The van der Waals surface area contributed by atoms with E-state index < -0.39 is 6.04 Å². The zero-order valence-electron chi connectivity index (χ0n) is 17.3. The monoisotopic (exact) mass is 419 g/mol. The average Bonchev–Trinajstić information content (AvgIpc) is 2.81. The third-order valence-corrected chi connectivity index (χ3v) is 5.28. The number of halogens is 1. The van der Waals surface area contributed by atoms with Crippen LogP contribution in [0.15, 0.2) is 78.9 Å². The lowest BCUT2D eigenvalue weighted by Gasteiger charge is -2.26. The summed E-state index contributed by atoms with van der Waals surface area (Å²) in [6.07, 6.45) is 0. The molecule has 0 bridgehead atoms. The van der Waals surface area contributed by atoms with Gasteiger partial charge < -0.3 is 15.4 Å². The van der Waals surface area contributed by atoms with Crippen molar-refractivity contribution in [3.63, 3.8) is 0 Å². The van der Waals surface area contributed by atoms with Gasteiger partial charge in [-0.1, -0.05) is 42.5 Å². The van der Waals surface area contributed by atoms with Gasteiger partial charge in [0, 0.05) is 31.0 Å². The number of amides is 1. The van der Waals surface area contributed by atoms with Crippen LogP contribution < -0.4 is 10.6 Å². The minimum atomic E-state index is -0.587. The first-order valence-corrected chi connectivity index (χ1v) is 10.4. The van der Waals surface area contributed by atoms with Crippen LogP contribution in [0, 0.1) is 5.82 Å². The van der Waals surface area contributed by atoms with Gasteiger partial charge in [0.15, 0.2) is 0 Å². The van der Waals surface area contributed by atoms with E-state index in [1.165, 1.54) is 17.7 Å². The van der Waals surface area contributed by atoms with Gasteiger partial charge in [-0.3, -0.25) is 9.69 Å². The van der Waals surface area contributed by atoms with Gasteiger partial charge in [0.2, 0.25) is 0 Å². The van der Waals surface area contributed by atoms with E-state index >= 15 is 0 Å². The van der Waals surface area contributed by atoms with Gasteiger partial charge in [-0.15, -0.1) is 0 Å². The summed E-state index contributed by atoms with van der Waals surface area (Å²) >= 11 is 0. The molecule has 0 radical (unpaired) electrons. The minimum Gasteiger partial charge on any atom is -0.379 e. The third-order valence-electron chi connectivity index (χ3n) is 5.28. The quantitative estimate of drug-likeness (QED) is 0.594. The zero-order chi connectivity index (χ0) is 21.5. The van der Waals surface area contributed by atoms with E-state index in [4.69, 9.17) is 4.74 Å². The normalized spacial score (nSPS) is 15.3. The van der Waals surface area contributed by atoms with Crippen molar-refractivity contribution >= 4 is 17.3 Å². The molecule has 1 fully saturated rings. The molecule has 0 saturated carbocycles. The first-order chi connectivity index (χ1) is 15.2. The van der Waals surface area contributed by atoms with Gasteiger partial charge in [0.05, 0.1) is 13.2 Å². The molecule has 6 heteroatoms. The van der Waals surface area contributed by atoms with E-state index in [0.29, 0.717) is 5.69 Å². The molecular formula is C25H26FN3O2. The first kappa shape index (κ1) is 21.0. The van der Waals surface area contributed by atoms with Crippen molar-refractivity contribution in [3.8, 4) is 0 Å². The number of nitrogens with one attached hydrogen (secondary N) is 2. The van der Waals surface area contributed by atoms with Crippen molar-refractivity contribution in [1.29, 1.82) is 0 Å². The molecule has 4 rings (SSSR count). The largest absolute Gasteiger partial charge is 0.379 e. The molecule has 2 N–H and O–H groups in total. The van der Waals surface area contributed by atoms with Gasteiger partial charge in [-0.05, 0) is 47.5 Å². The Bertz CT molecular complexity index is 972. The Hall–Kier alpha value is -3.22. The van der Waals surface area contributed by atoms with E-state index in [-0.39, 0.29) is 11.7 Å². The fourth-order valence-corrected chi connectivity index (χ4v) is 3.58. The van der Waals surface area contributed by atoms with Gasteiger partial charge in [0.1, 0.15) is 11.9 Å². The van der Waals surface area contributed by atoms with E-state index in [0.717, 1.165) is 44.1 Å². The van der Waals surface area contributed by atoms with Crippen molar-refractivity contribution in [2.75, 3.05) is 36.9 Å². The van der Waals surface area contributed by atoms with Crippen LogP contribution in [-0.4, -0.2) is 37.1 Å². The number of hydrogen-bond acceptors (Lipinski definition) is 4. The molecule has 0 aliphatic carbocycles. The Labute approximate surface area is 181 Å². The van der Waals surface area contributed by atoms with Crippen LogP contribution in [0.1, 0.15) is 17.2 Å². The topological polar surface area (TPSA) is 53.6 Å². The number of carbonyl (C=O) groups is 1. The fraction of sp³-hybridized carbons (Fsp3) is 0.240. The fourth-order valence-electron chi connectivity index (χ4n) is 3.58. The summed E-state index contributed by atoms with van der Waals surface area (Å²) in [6.45, 7) is 4.33. The van der Waals surface area contributed by atoms with Crippen LogP contribution in [-0.2, 0) is 16.1 Å². The van der Waals surface area contributed by atoms with Crippen molar-refractivity contribution < 1.29 is 13.9 Å². The van der Waals surface area contributed by atoms with Crippen molar-refractivity contribution in [3.05, 3.63) is 95.8 Å². The predicted octanol–water partition coefficient (Wildman–Crippen LogP) is 4.45. The highest BCUT2D eigenvalue weighted by molar-refractivity contribution is 5.97. The molecule has 0 spiro atoms. The lowest BCUT2D eigenvalue weighted by molar-refractivity contribution is -0.117. The smallest absolute Gasteiger partial charge is 0.251 e. The van der Waals surface area contributed by atoms with Crippen molar-refractivity contribution in [1.82, 2.24) is 4.90 Å². The zero-order valence-corrected chi connectivity index (χ0v) is 17.3. The number of carbonyl (C=O) groups excluding carboxylic acids is 1. The second kappa shape index (κ2) is 10.2. The minimum absolute atomic E-state index is 0.213. The second-order valence-electron chi connectivity index (χ2n) is 7.57. The molecule has 160 valence electrons. The summed E-state index contributed by atoms with van der Waals surface area (Å²) in [5.74, 6) is -0.553. The molecule has 1 atom stereocenters. The molecule has 1 heterocycles. The number of benzene rings is 3. The maximum absolute atomic E-state index is 13.2. The Morgan fingerprint density at radius 1 is 0.903 bits per heavy atom. The molecule has 3 aromatic rings. The Morgan fingerprint density at radius 2 is 1.55 bits per heavy atom. The number of anilines is 2. The second-order valence-corrected chi connectivity index (χ2v) is 7.57. The highest BCUT2D eigenvalue weighted by atomic mass is 19.1. The summed E-state index contributed by atoms with van der Waals surface area (Å²) in [5, 5.41) is 6.20. The highest BCUT2D eigenvalue weighted by Crippen LogP contribution is 2.23. The highest BCUT2D eigenvalue weighted by Gasteiger charge is 2.21. The lowest BCUT2D eigenvalue weighted by atomic mass is 10.1. The van der Waals surface area contributed by atoms with Crippen LogP contribution in [0.5, 0.6) is 0 Å². The number of nitrogens with zero attached hydrogens (tertiary/aromatic N) is 1. The molecule has 0 aromatic heterocycles. The van der Waals surface area contributed by atoms with E-state index in [2.05, 4.69) is 27.7 Å². The Morgan fingerprint density at radius 3 is 2.23 bits per heavy atom. The lowest BCUT2D eigenvalue weighted by Crippen LogP contribution is -2.35. The van der Waals surface area contributed by atoms with Crippen LogP contribution in [0.2, 0.25) is 0 Å². The number of morpholine rings is 1. The summed E-state index contributed by atoms with van der Waals surface area (Å²) in [6, 6.07) is 22.9. The molecule has 0 unspecified atom stereocenters. The van der Waals surface area contributed by atoms with Gasteiger partial charge in [0.25, 0.3) is 5.91 Å². The van der Waals surface area contributed by atoms with Crippen LogP contribution >= 0.6 is 0 Å². The van der Waals surface area contributed by atoms with E-state index in [1.807, 2.05) is 42.5 Å². The summed E-state index contributed by atoms with van der Waals surface area (Å²) < 4.78 is 18.6.